The molecular weight excluding hydrogens is 212 g/mol. The lowest BCUT2D eigenvalue weighted by Crippen LogP contribution is -2.11. The van der Waals surface area contributed by atoms with Crippen LogP contribution in [0.15, 0.2) is 36.1 Å². The normalized spacial score (nSPS) is 15.4. The van der Waals surface area contributed by atoms with Gasteiger partial charge in [0.2, 0.25) is 5.78 Å². The third-order valence-electron chi connectivity index (χ3n) is 2.25. The molecule has 0 N–H and O–H groups in total. The number of rotatable bonds is 2. The van der Waals surface area contributed by atoms with Crippen molar-refractivity contribution in [3.8, 4) is 0 Å². The van der Waals surface area contributed by atoms with Gasteiger partial charge in [0.05, 0.1) is 6.61 Å². The molecule has 1 aliphatic rings. The van der Waals surface area contributed by atoms with E-state index in [2.05, 4.69) is 0 Å². The zero-order valence-electron chi connectivity index (χ0n) is 8.20. The number of hydrogen-bond acceptors (Lipinski definition) is 2. The Kier molecular flexibility index (Phi) is 3.07. The van der Waals surface area contributed by atoms with Crippen molar-refractivity contribution in [2.75, 3.05) is 6.61 Å². The van der Waals surface area contributed by atoms with Crippen LogP contribution in [0.4, 0.5) is 0 Å². The SMILES string of the molecule is O=C(C1=CCCCO1)c1cccc(Cl)c1. The number of Topliss-reactive ketones (excluding diaryl/α,β-unsaturated/α-hetero) is 1. The molecule has 15 heavy (non-hydrogen) atoms. The van der Waals surface area contributed by atoms with Crippen LogP contribution in [0.5, 0.6) is 0 Å². The second-order valence-electron chi connectivity index (χ2n) is 3.40. The maximum absolute atomic E-state index is 11.9. The zero-order chi connectivity index (χ0) is 10.7. The summed E-state index contributed by atoms with van der Waals surface area (Å²) in [6.07, 6.45) is 3.72. The van der Waals surface area contributed by atoms with Gasteiger partial charge in [0.1, 0.15) is 0 Å². The van der Waals surface area contributed by atoms with Crippen LogP contribution in [-0.2, 0) is 4.74 Å². The zero-order valence-corrected chi connectivity index (χ0v) is 8.96. The van der Waals surface area contributed by atoms with Gasteiger partial charge in [-0.2, -0.15) is 0 Å². The minimum absolute atomic E-state index is 0.0859. The molecule has 1 heterocycles. The lowest BCUT2D eigenvalue weighted by atomic mass is 10.1. The Morgan fingerprint density at radius 2 is 2.27 bits per heavy atom. The standard InChI is InChI=1S/C12H11ClO2/c13-10-5-3-4-9(8-10)12(14)11-6-1-2-7-15-11/h3-6,8H,1-2,7H2. The Morgan fingerprint density at radius 3 is 2.93 bits per heavy atom. The van der Waals surface area contributed by atoms with E-state index in [4.69, 9.17) is 16.3 Å². The number of halogens is 1. The first-order valence-electron chi connectivity index (χ1n) is 4.90. The minimum atomic E-state index is -0.0859. The van der Waals surface area contributed by atoms with Crippen LogP contribution >= 0.6 is 11.6 Å². The highest BCUT2D eigenvalue weighted by molar-refractivity contribution is 6.31. The molecule has 0 spiro atoms. The van der Waals surface area contributed by atoms with Crippen molar-refractivity contribution in [2.45, 2.75) is 12.8 Å². The van der Waals surface area contributed by atoms with Gasteiger partial charge >= 0.3 is 0 Å². The molecule has 1 aliphatic heterocycles. The first kappa shape index (κ1) is 10.2. The summed E-state index contributed by atoms with van der Waals surface area (Å²) in [5.41, 5.74) is 0.579. The van der Waals surface area contributed by atoms with E-state index in [0.29, 0.717) is 23.0 Å². The van der Waals surface area contributed by atoms with Crippen LogP contribution in [-0.4, -0.2) is 12.4 Å². The molecule has 78 valence electrons. The Balaban J connectivity index is 2.24. The van der Waals surface area contributed by atoms with Gasteiger partial charge in [0, 0.05) is 10.6 Å². The molecular formula is C12H11ClO2. The summed E-state index contributed by atoms with van der Waals surface area (Å²) in [4.78, 5) is 11.9. The first-order chi connectivity index (χ1) is 7.27. The summed E-state index contributed by atoms with van der Waals surface area (Å²) in [5.74, 6) is 0.362. The number of carbonyl (C=O) groups is 1. The summed E-state index contributed by atoms with van der Waals surface area (Å²) in [6, 6.07) is 6.91. The molecule has 0 amide bonds. The van der Waals surface area contributed by atoms with Crippen molar-refractivity contribution in [2.24, 2.45) is 0 Å². The van der Waals surface area contributed by atoms with Gasteiger partial charge in [-0.25, -0.2) is 0 Å². The largest absolute Gasteiger partial charge is 0.490 e. The molecule has 0 aliphatic carbocycles. The van der Waals surface area contributed by atoms with E-state index < -0.39 is 0 Å². The predicted octanol–water partition coefficient (Wildman–Crippen LogP) is 3.22. The second kappa shape index (κ2) is 4.49. The van der Waals surface area contributed by atoms with Crippen molar-refractivity contribution >= 4 is 17.4 Å². The molecule has 0 unspecified atom stereocenters. The molecule has 0 aromatic heterocycles. The van der Waals surface area contributed by atoms with Gasteiger partial charge in [-0.1, -0.05) is 23.7 Å². The smallest absolute Gasteiger partial charge is 0.227 e. The summed E-state index contributed by atoms with van der Waals surface area (Å²) >= 11 is 5.82. The fourth-order valence-electron chi connectivity index (χ4n) is 1.49. The molecule has 2 nitrogen and oxygen atoms in total. The second-order valence-corrected chi connectivity index (χ2v) is 3.83. The topological polar surface area (TPSA) is 26.3 Å². The van der Waals surface area contributed by atoms with Crippen molar-refractivity contribution in [1.82, 2.24) is 0 Å². The number of hydrogen-bond donors (Lipinski definition) is 0. The molecule has 0 saturated carbocycles. The average molecular weight is 223 g/mol. The fraction of sp³-hybridized carbons (Fsp3) is 0.250. The van der Waals surface area contributed by atoms with Crippen molar-refractivity contribution in [3.05, 3.63) is 46.7 Å². The van der Waals surface area contributed by atoms with E-state index in [1.165, 1.54) is 0 Å². The van der Waals surface area contributed by atoms with Gasteiger partial charge in [-0.15, -0.1) is 0 Å². The molecule has 0 fully saturated rings. The number of carbonyl (C=O) groups excluding carboxylic acids is 1. The first-order valence-corrected chi connectivity index (χ1v) is 5.28. The summed E-state index contributed by atoms with van der Waals surface area (Å²) in [7, 11) is 0. The van der Waals surface area contributed by atoms with E-state index in [9.17, 15) is 4.79 Å². The van der Waals surface area contributed by atoms with Gasteiger partial charge < -0.3 is 4.74 Å². The third-order valence-corrected chi connectivity index (χ3v) is 2.48. The Morgan fingerprint density at radius 1 is 1.40 bits per heavy atom. The Labute approximate surface area is 93.5 Å². The Hall–Kier alpha value is -1.28. The van der Waals surface area contributed by atoms with Gasteiger partial charge in [0.15, 0.2) is 5.76 Å². The molecule has 0 bridgehead atoms. The predicted molar refractivity (Wildman–Crippen MR) is 59.1 cm³/mol. The molecule has 1 aromatic carbocycles. The number of benzene rings is 1. The van der Waals surface area contributed by atoms with Crippen LogP contribution in [0.3, 0.4) is 0 Å². The summed E-state index contributed by atoms with van der Waals surface area (Å²) in [6.45, 7) is 0.623. The Bertz CT molecular complexity index is 410. The molecule has 3 heteroatoms. The minimum Gasteiger partial charge on any atom is -0.490 e. The van der Waals surface area contributed by atoms with Crippen LogP contribution in [0.2, 0.25) is 5.02 Å². The van der Waals surface area contributed by atoms with E-state index in [0.717, 1.165) is 12.8 Å². The van der Waals surface area contributed by atoms with E-state index in [-0.39, 0.29) is 5.78 Å². The molecule has 0 radical (unpaired) electrons. The highest BCUT2D eigenvalue weighted by atomic mass is 35.5. The number of ketones is 1. The maximum Gasteiger partial charge on any atom is 0.227 e. The van der Waals surface area contributed by atoms with Crippen LogP contribution < -0.4 is 0 Å². The lowest BCUT2D eigenvalue weighted by Gasteiger charge is -2.13. The average Bonchev–Trinajstić information content (AvgIpc) is 2.29. The van der Waals surface area contributed by atoms with E-state index >= 15 is 0 Å². The lowest BCUT2D eigenvalue weighted by molar-refractivity contribution is 0.0899. The van der Waals surface area contributed by atoms with Crippen molar-refractivity contribution < 1.29 is 9.53 Å². The van der Waals surface area contributed by atoms with Gasteiger partial charge in [-0.3, -0.25) is 4.79 Å². The third kappa shape index (κ3) is 2.39. The highest BCUT2D eigenvalue weighted by Gasteiger charge is 2.15. The summed E-state index contributed by atoms with van der Waals surface area (Å²) < 4.78 is 5.30. The summed E-state index contributed by atoms with van der Waals surface area (Å²) in [5, 5.41) is 0.567. The van der Waals surface area contributed by atoms with E-state index in [1.807, 2.05) is 6.08 Å². The van der Waals surface area contributed by atoms with Crippen LogP contribution in [0.25, 0.3) is 0 Å². The van der Waals surface area contributed by atoms with Crippen molar-refractivity contribution in [1.29, 1.82) is 0 Å². The molecule has 0 atom stereocenters. The number of allylic oxidation sites excluding steroid dienone is 2. The van der Waals surface area contributed by atoms with E-state index in [1.54, 1.807) is 24.3 Å². The van der Waals surface area contributed by atoms with Crippen LogP contribution in [0.1, 0.15) is 23.2 Å². The fourth-order valence-corrected chi connectivity index (χ4v) is 1.68. The van der Waals surface area contributed by atoms with Crippen molar-refractivity contribution in [3.63, 3.8) is 0 Å². The highest BCUT2D eigenvalue weighted by Crippen LogP contribution is 2.18. The monoisotopic (exact) mass is 222 g/mol. The van der Waals surface area contributed by atoms with Gasteiger partial charge in [0.25, 0.3) is 0 Å². The maximum atomic E-state index is 11.9. The molecule has 2 rings (SSSR count). The number of ether oxygens (including phenoxy) is 1. The molecule has 1 aromatic rings. The molecule has 0 saturated heterocycles. The quantitative estimate of drug-likeness (QED) is 0.719. The van der Waals surface area contributed by atoms with Gasteiger partial charge in [-0.05, 0) is 31.1 Å². The van der Waals surface area contributed by atoms with Crippen LogP contribution in [0, 0.1) is 0 Å².